The number of amides is 1. The Bertz CT molecular complexity index is 1590. The van der Waals surface area contributed by atoms with Gasteiger partial charge in [0.05, 0.1) is 21.1 Å². The van der Waals surface area contributed by atoms with Gasteiger partial charge in [-0.1, -0.05) is 41.4 Å². The second-order valence-electron chi connectivity index (χ2n) is 9.21. The summed E-state index contributed by atoms with van der Waals surface area (Å²) in [5.41, 5.74) is 0.171. The first-order valence-electron chi connectivity index (χ1n) is 12.1. The highest BCUT2D eigenvalue weighted by Crippen LogP contribution is 2.51. The van der Waals surface area contributed by atoms with Crippen LogP contribution in [-0.4, -0.2) is 29.2 Å². The number of rotatable bonds is 6. The predicted octanol–water partition coefficient (Wildman–Crippen LogP) is 8.03. The number of hydroxylamine groups is 2. The van der Waals surface area contributed by atoms with Crippen molar-refractivity contribution < 1.29 is 22.8 Å². The van der Waals surface area contributed by atoms with Gasteiger partial charge in [0, 0.05) is 41.0 Å². The van der Waals surface area contributed by atoms with Crippen LogP contribution in [0.25, 0.3) is 16.3 Å². The van der Waals surface area contributed by atoms with Gasteiger partial charge < -0.3 is 5.32 Å². The number of hydrogen-bond donors (Lipinski definition) is 1. The normalized spacial score (nSPS) is 17.2. The number of thiophene rings is 1. The van der Waals surface area contributed by atoms with E-state index in [0.717, 1.165) is 32.8 Å². The lowest BCUT2D eigenvalue weighted by atomic mass is 9.91. The van der Waals surface area contributed by atoms with Crippen LogP contribution in [0, 0.1) is 6.92 Å². The Labute approximate surface area is 242 Å². The largest absolute Gasteiger partial charge is 0.428 e. The Hall–Kier alpha value is -3.37. The molecule has 1 aliphatic rings. The number of aryl methyl sites for hydroxylation is 1. The van der Waals surface area contributed by atoms with Crippen molar-refractivity contribution in [1.29, 1.82) is 0 Å². The molecule has 2 aromatic heterocycles. The van der Waals surface area contributed by atoms with E-state index in [4.69, 9.17) is 28.0 Å². The standard InChI is InChI=1S/C29H22Cl2F3N3O2S/c1-17-11-18(24-15-28(29(32,33)34,39-37(24)2)20-12-21(30)14-22(31)13-20)6-7-19(17)16-36-27(38)26-9-8-25(40-26)23-5-3-4-10-35-23/h3-15H,16H2,1-2H3,(H,36,38). The van der Waals surface area contributed by atoms with Crippen LogP contribution in [0.2, 0.25) is 10.0 Å². The van der Waals surface area contributed by atoms with Crippen molar-refractivity contribution in [1.82, 2.24) is 15.4 Å². The average Bonchev–Trinajstić information content (AvgIpc) is 3.54. The second-order valence-corrected chi connectivity index (χ2v) is 11.2. The average molecular weight is 604 g/mol. The molecule has 3 heterocycles. The maximum Gasteiger partial charge on any atom is 0.428 e. The van der Waals surface area contributed by atoms with Crippen molar-refractivity contribution in [2.24, 2.45) is 0 Å². The molecule has 206 valence electrons. The maximum atomic E-state index is 14.5. The number of nitrogens with zero attached hydrogens (tertiary/aromatic N) is 2. The van der Waals surface area contributed by atoms with Crippen molar-refractivity contribution in [3.63, 3.8) is 0 Å². The van der Waals surface area contributed by atoms with Gasteiger partial charge >= 0.3 is 6.18 Å². The van der Waals surface area contributed by atoms with Crippen molar-refractivity contribution in [3.05, 3.63) is 116 Å². The van der Waals surface area contributed by atoms with Gasteiger partial charge in [0.1, 0.15) is 0 Å². The number of aromatic nitrogens is 1. The number of carbonyl (C=O) groups is 1. The summed E-state index contributed by atoms with van der Waals surface area (Å²) in [6.07, 6.45) is -2.07. The Morgan fingerprint density at radius 1 is 1.07 bits per heavy atom. The fourth-order valence-electron chi connectivity index (χ4n) is 4.46. The highest BCUT2D eigenvalue weighted by atomic mass is 35.5. The molecule has 0 radical (unpaired) electrons. The molecule has 0 fully saturated rings. The lowest BCUT2D eigenvalue weighted by molar-refractivity contribution is -0.308. The quantitative estimate of drug-likeness (QED) is 0.242. The van der Waals surface area contributed by atoms with E-state index in [0.29, 0.717) is 10.4 Å². The predicted molar refractivity (Wildman–Crippen MR) is 151 cm³/mol. The van der Waals surface area contributed by atoms with Crippen molar-refractivity contribution in [2.45, 2.75) is 25.2 Å². The minimum absolute atomic E-state index is 0.0666. The number of pyridine rings is 1. The van der Waals surface area contributed by atoms with Crippen LogP contribution in [-0.2, 0) is 17.0 Å². The number of benzene rings is 2. The smallest absolute Gasteiger partial charge is 0.347 e. The molecule has 4 aromatic rings. The van der Waals surface area contributed by atoms with Gasteiger partial charge in [0.15, 0.2) is 0 Å². The van der Waals surface area contributed by atoms with Crippen LogP contribution in [0.15, 0.2) is 79.0 Å². The number of carbonyl (C=O) groups excluding carboxylic acids is 1. The highest BCUT2D eigenvalue weighted by molar-refractivity contribution is 7.17. The van der Waals surface area contributed by atoms with Crippen LogP contribution in [0.1, 0.15) is 31.9 Å². The molecule has 0 spiro atoms. The maximum absolute atomic E-state index is 14.5. The third-order valence-electron chi connectivity index (χ3n) is 6.50. The summed E-state index contributed by atoms with van der Waals surface area (Å²) in [5.74, 6) is -0.225. The Balaban J connectivity index is 1.36. The second kappa shape index (κ2) is 10.9. The first-order valence-corrected chi connectivity index (χ1v) is 13.6. The fraction of sp³-hybridized carbons (Fsp3) is 0.172. The lowest BCUT2D eigenvalue weighted by Crippen LogP contribution is -2.42. The molecule has 1 aliphatic heterocycles. The first kappa shape index (κ1) is 28.2. The number of nitrogens with one attached hydrogen (secondary N) is 1. The Morgan fingerprint density at radius 3 is 2.48 bits per heavy atom. The molecule has 1 N–H and O–H groups in total. The summed E-state index contributed by atoms with van der Waals surface area (Å²) in [6, 6.07) is 18.2. The van der Waals surface area contributed by atoms with Gasteiger partial charge in [0.25, 0.3) is 5.91 Å². The van der Waals surface area contributed by atoms with Crippen molar-refractivity contribution >= 4 is 46.1 Å². The molecule has 1 atom stereocenters. The van der Waals surface area contributed by atoms with Crippen LogP contribution < -0.4 is 5.32 Å². The van der Waals surface area contributed by atoms with E-state index in [1.165, 1.54) is 36.6 Å². The molecule has 40 heavy (non-hydrogen) atoms. The zero-order chi connectivity index (χ0) is 28.7. The molecule has 1 unspecified atom stereocenters. The summed E-state index contributed by atoms with van der Waals surface area (Å²) in [6.45, 7) is 2.08. The topological polar surface area (TPSA) is 54.5 Å². The van der Waals surface area contributed by atoms with Crippen molar-refractivity contribution in [3.8, 4) is 10.6 Å². The SMILES string of the molecule is Cc1cc(C2=CC(c3cc(Cl)cc(Cl)c3)(C(F)(F)F)ON2C)ccc1CNC(=O)c1ccc(-c2ccccn2)s1. The molecule has 1 amide bonds. The van der Waals surface area contributed by atoms with Gasteiger partial charge in [-0.05, 0) is 72.7 Å². The van der Waals surface area contributed by atoms with Gasteiger partial charge in [-0.25, -0.2) is 4.84 Å². The van der Waals surface area contributed by atoms with Crippen LogP contribution in [0.4, 0.5) is 13.2 Å². The third-order valence-corrected chi connectivity index (χ3v) is 8.04. The zero-order valence-electron chi connectivity index (χ0n) is 21.2. The Kier molecular flexibility index (Phi) is 7.67. The minimum atomic E-state index is -4.80. The molecule has 0 aliphatic carbocycles. The fourth-order valence-corrected chi connectivity index (χ4v) is 5.89. The molecule has 0 bridgehead atoms. The van der Waals surface area contributed by atoms with E-state index >= 15 is 0 Å². The van der Waals surface area contributed by atoms with Crippen molar-refractivity contribution in [2.75, 3.05) is 7.05 Å². The van der Waals surface area contributed by atoms with Crippen LogP contribution in [0.3, 0.4) is 0 Å². The minimum Gasteiger partial charge on any atom is -0.347 e. The van der Waals surface area contributed by atoms with E-state index in [1.807, 2.05) is 31.2 Å². The molecular formula is C29H22Cl2F3N3O2S. The molecule has 0 saturated carbocycles. The van der Waals surface area contributed by atoms with E-state index in [9.17, 15) is 18.0 Å². The van der Waals surface area contributed by atoms with E-state index in [1.54, 1.807) is 30.5 Å². The zero-order valence-corrected chi connectivity index (χ0v) is 23.6. The van der Waals surface area contributed by atoms with Gasteiger partial charge in [-0.3, -0.25) is 14.8 Å². The van der Waals surface area contributed by atoms with Crippen LogP contribution in [0.5, 0.6) is 0 Å². The highest BCUT2D eigenvalue weighted by Gasteiger charge is 2.60. The first-order chi connectivity index (χ1) is 19.0. The summed E-state index contributed by atoms with van der Waals surface area (Å²) in [5, 5.41) is 4.14. The monoisotopic (exact) mass is 603 g/mol. The van der Waals surface area contributed by atoms with E-state index in [2.05, 4.69) is 10.3 Å². The molecule has 5 nitrogen and oxygen atoms in total. The summed E-state index contributed by atoms with van der Waals surface area (Å²) >= 11 is 13.4. The number of halogens is 5. The number of hydrogen-bond acceptors (Lipinski definition) is 5. The summed E-state index contributed by atoms with van der Waals surface area (Å²) in [7, 11) is 1.41. The van der Waals surface area contributed by atoms with Gasteiger partial charge in [0.2, 0.25) is 5.60 Å². The molecule has 0 saturated heterocycles. The van der Waals surface area contributed by atoms with E-state index in [-0.39, 0.29) is 33.8 Å². The summed E-state index contributed by atoms with van der Waals surface area (Å²) in [4.78, 5) is 24.0. The molecule has 2 aromatic carbocycles. The molecular weight excluding hydrogens is 582 g/mol. The van der Waals surface area contributed by atoms with Gasteiger partial charge in [-0.15, -0.1) is 11.3 Å². The number of alkyl halides is 3. The lowest BCUT2D eigenvalue weighted by Gasteiger charge is -2.31. The van der Waals surface area contributed by atoms with E-state index < -0.39 is 11.8 Å². The Morgan fingerprint density at radius 2 is 1.82 bits per heavy atom. The van der Waals surface area contributed by atoms with Crippen LogP contribution >= 0.6 is 34.5 Å². The van der Waals surface area contributed by atoms with Gasteiger partial charge in [-0.2, -0.15) is 13.2 Å². The summed E-state index contributed by atoms with van der Waals surface area (Å²) < 4.78 is 43.4. The third kappa shape index (κ3) is 5.47. The molecule has 11 heteroatoms. The molecule has 5 rings (SSSR count).